The zero-order valence-electron chi connectivity index (χ0n) is 13.2. The van der Waals surface area contributed by atoms with Gasteiger partial charge in [-0.05, 0) is 50.1 Å². The van der Waals surface area contributed by atoms with Gasteiger partial charge in [-0.2, -0.15) is 0 Å². The van der Waals surface area contributed by atoms with E-state index in [0.717, 1.165) is 24.7 Å². The zero-order valence-corrected chi connectivity index (χ0v) is 14.0. The van der Waals surface area contributed by atoms with Crippen molar-refractivity contribution < 1.29 is 0 Å². The second-order valence-corrected chi connectivity index (χ2v) is 6.01. The molecule has 2 rings (SSSR count). The molecule has 0 aliphatic rings. The minimum absolute atomic E-state index is 0.840. The number of nitrogens with zero attached hydrogens (tertiary/aromatic N) is 1. The van der Waals surface area contributed by atoms with Gasteiger partial charge in [0.25, 0.3) is 0 Å². The van der Waals surface area contributed by atoms with Crippen molar-refractivity contribution in [2.24, 2.45) is 0 Å². The molecule has 0 amide bonds. The van der Waals surface area contributed by atoms with E-state index in [1.807, 2.05) is 18.2 Å². The van der Waals surface area contributed by atoms with Crippen molar-refractivity contribution in [3.05, 3.63) is 57.9 Å². The number of unbranched alkanes of at least 4 members (excludes halogenated alkanes) is 1. The Labute approximate surface area is 133 Å². The SMILES string of the molecule is CCCCNCc1cc(C)n(Cc2ccccc2Cl)c1C. The lowest BCUT2D eigenvalue weighted by Crippen LogP contribution is -2.15. The molecule has 0 bridgehead atoms. The first-order valence-corrected chi connectivity index (χ1v) is 8.11. The summed E-state index contributed by atoms with van der Waals surface area (Å²) < 4.78 is 2.35. The van der Waals surface area contributed by atoms with Crippen LogP contribution in [0.3, 0.4) is 0 Å². The smallest absolute Gasteiger partial charge is 0.0490 e. The first-order valence-electron chi connectivity index (χ1n) is 7.73. The van der Waals surface area contributed by atoms with E-state index in [9.17, 15) is 0 Å². The third kappa shape index (κ3) is 4.12. The molecule has 0 atom stereocenters. The van der Waals surface area contributed by atoms with Crippen molar-refractivity contribution in [2.75, 3.05) is 6.54 Å². The fraction of sp³-hybridized carbons (Fsp3) is 0.444. The molecule has 0 unspecified atom stereocenters. The largest absolute Gasteiger partial charge is 0.344 e. The van der Waals surface area contributed by atoms with E-state index in [4.69, 9.17) is 11.6 Å². The second-order valence-electron chi connectivity index (χ2n) is 5.60. The highest BCUT2D eigenvalue weighted by Crippen LogP contribution is 2.21. The number of benzene rings is 1. The summed E-state index contributed by atoms with van der Waals surface area (Å²) in [7, 11) is 0. The van der Waals surface area contributed by atoms with Crippen LogP contribution in [-0.2, 0) is 13.1 Å². The van der Waals surface area contributed by atoms with Crippen LogP contribution in [0.25, 0.3) is 0 Å². The predicted molar refractivity (Wildman–Crippen MR) is 91.1 cm³/mol. The Morgan fingerprint density at radius 1 is 1.14 bits per heavy atom. The van der Waals surface area contributed by atoms with Crippen LogP contribution in [-0.4, -0.2) is 11.1 Å². The molecule has 2 aromatic rings. The monoisotopic (exact) mass is 304 g/mol. The van der Waals surface area contributed by atoms with Crippen LogP contribution in [0.15, 0.2) is 30.3 Å². The lowest BCUT2D eigenvalue weighted by atomic mass is 10.2. The quantitative estimate of drug-likeness (QED) is 0.734. The molecule has 1 aromatic heterocycles. The second kappa shape index (κ2) is 7.67. The molecule has 1 heterocycles. The van der Waals surface area contributed by atoms with Gasteiger partial charge in [-0.3, -0.25) is 0 Å². The van der Waals surface area contributed by atoms with Crippen LogP contribution >= 0.6 is 11.6 Å². The molecule has 0 radical (unpaired) electrons. The summed E-state index contributed by atoms with van der Waals surface area (Å²) >= 11 is 6.28. The van der Waals surface area contributed by atoms with E-state index < -0.39 is 0 Å². The molecule has 0 aliphatic heterocycles. The maximum Gasteiger partial charge on any atom is 0.0490 e. The average Bonchev–Trinajstić information content (AvgIpc) is 2.73. The lowest BCUT2D eigenvalue weighted by molar-refractivity contribution is 0.637. The van der Waals surface area contributed by atoms with Crippen LogP contribution in [0.4, 0.5) is 0 Å². The van der Waals surface area contributed by atoms with Crippen LogP contribution < -0.4 is 5.32 Å². The van der Waals surface area contributed by atoms with E-state index in [0.29, 0.717) is 0 Å². The third-order valence-corrected chi connectivity index (χ3v) is 4.36. The summed E-state index contributed by atoms with van der Waals surface area (Å²) in [4.78, 5) is 0. The van der Waals surface area contributed by atoms with Crippen LogP contribution in [0.2, 0.25) is 5.02 Å². The molecule has 0 spiro atoms. The first-order chi connectivity index (χ1) is 10.1. The Kier molecular flexibility index (Phi) is 5.89. The fourth-order valence-electron chi connectivity index (χ4n) is 2.62. The van der Waals surface area contributed by atoms with Crippen LogP contribution in [0, 0.1) is 13.8 Å². The summed E-state index contributed by atoms with van der Waals surface area (Å²) in [5.74, 6) is 0. The summed E-state index contributed by atoms with van der Waals surface area (Å²) in [6, 6.07) is 10.4. The molecule has 0 aliphatic carbocycles. The number of rotatable bonds is 7. The number of hydrogen-bond donors (Lipinski definition) is 1. The fourth-order valence-corrected chi connectivity index (χ4v) is 2.81. The van der Waals surface area contributed by atoms with Crippen molar-refractivity contribution in [3.63, 3.8) is 0 Å². The Bertz CT molecular complexity index is 587. The van der Waals surface area contributed by atoms with Gasteiger partial charge >= 0.3 is 0 Å². The minimum atomic E-state index is 0.840. The number of hydrogen-bond acceptors (Lipinski definition) is 1. The Morgan fingerprint density at radius 2 is 1.90 bits per heavy atom. The molecule has 114 valence electrons. The first kappa shape index (κ1) is 16.1. The number of halogens is 1. The average molecular weight is 305 g/mol. The molecule has 0 saturated carbocycles. The molecule has 3 heteroatoms. The molecule has 0 fully saturated rings. The Balaban J connectivity index is 2.10. The molecular formula is C18H25ClN2. The number of aryl methyl sites for hydroxylation is 1. The highest BCUT2D eigenvalue weighted by molar-refractivity contribution is 6.31. The standard InChI is InChI=1S/C18H25ClN2/c1-4-5-10-20-12-17-11-14(2)21(15(17)3)13-16-8-6-7-9-18(16)19/h6-9,11,20H,4-5,10,12-13H2,1-3H3. The maximum atomic E-state index is 6.28. The van der Waals surface area contributed by atoms with Gasteiger partial charge in [0.15, 0.2) is 0 Å². The Morgan fingerprint density at radius 3 is 2.62 bits per heavy atom. The van der Waals surface area contributed by atoms with Gasteiger partial charge in [-0.25, -0.2) is 0 Å². The van der Waals surface area contributed by atoms with Crippen LogP contribution in [0.1, 0.15) is 42.3 Å². The lowest BCUT2D eigenvalue weighted by Gasteiger charge is -2.11. The molecule has 1 aromatic carbocycles. The molecular weight excluding hydrogens is 280 g/mol. The summed E-state index contributed by atoms with van der Waals surface area (Å²) in [5, 5.41) is 4.36. The van der Waals surface area contributed by atoms with Gasteiger partial charge in [0.1, 0.15) is 0 Å². The van der Waals surface area contributed by atoms with Gasteiger partial charge in [-0.1, -0.05) is 43.1 Å². The molecule has 0 saturated heterocycles. The van der Waals surface area contributed by atoms with Gasteiger partial charge in [-0.15, -0.1) is 0 Å². The van der Waals surface area contributed by atoms with E-state index in [-0.39, 0.29) is 0 Å². The summed E-state index contributed by atoms with van der Waals surface area (Å²) in [6.07, 6.45) is 2.47. The van der Waals surface area contributed by atoms with E-state index >= 15 is 0 Å². The topological polar surface area (TPSA) is 17.0 Å². The van der Waals surface area contributed by atoms with Crippen molar-refractivity contribution in [1.82, 2.24) is 9.88 Å². The van der Waals surface area contributed by atoms with Gasteiger partial charge < -0.3 is 9.88 Å². The third-order valence-electron chi connectivity index (χ3n) is 3.99. The normalized spacial score (nSPS) is 11.0. The summed E-state index contributed by atoms with van der Waals surface area (Å²) in [6.45, 7) is 9.45. The molecule has 1 N–H and O–H groups in total. The predicted octanol–water partition coefficient (Wildman–Crippen LogP) is 4.70. The highest BCUT2D eigenvalue weighted by Gasteiger charge is 2.10. The van der Waals surface area contributed by atoms with Crippen molar-refractivity contribution in [1.29, 1.82) is 0 Å². The summed E-state index contributed by atoms with van der Waals surface area (Å²) in [5.41, 5.74) is 5.18. The zero-order chi connectivity index (χ0) is 15.2. The molecule has 2 nitrogen and oxygen atoms in total. The van der Waals surface area contributed by atoms with Crippen molar-refractivity contribution >= 4 is 11.6 Å². The van der Waals surface area contributed by atoms with Gasteiger partial charge in [0.05, 0.1) is 0 Å². The van der Waals surface area contributed by atoms with Crippen LogP contribution in [0.5, 0.6) is 0 Å². The van der Waals surface area contributed by atoms with E-state index in [1.165, 1.54) is 35.4 Å². The van der Waals surface area contributed by atoms with E-state index in [1.54, 1.807) is 0 Å². The Hall–Kier alpha value is -1.25. The van der Waals surface area contributed by atoms with Gasteiger partial charge in [0.2, 0.25) is 0 Å². The molecule has 21 heavy (non-hydrogen) atoms. The maximum absolute atomic E-state index is 6.28. The highest BCUT2D eigenvalue weighted by atomic mass is 35.5. The van der Waals surface area contributed by atoms with Gasteiger partial charge in [0, 0.05) is 29.5 Å². The number of aromatic nitrogens is 1. The van der Waals surface area contributed by atoms with Crippen molar-refractivity contribution in [3.8, 4) is 0 Å². The minimum Gasteiger partial charge on any atom is -0.344 e. The van der Waals surface area contributed by atoms with E-state index in [2.05, 4.69) is 42.8 Å². The van der Waals surface area contributed by atoms with Crippen molar-refractivity contribution in [2.45, 2.75) is 46.7 Å². The number of nitrogens with one attached hydrogen (secondary N) is 1.